The van der Waals surface area contributed by atoms with Crippen molar-refractivity contribution in [3.63, 3.8) is 0 Å². The van der Waals surface area contributed by atoms with E-state index in [-0.39, 0.29) is 6.42 Å². The van der Waals surface area contributed by atoms with Crippen molar-refractivity contribution in [3.8, 4) is 0 Å². The second-order valence-corrected chi connectivity index (χ2v) is 6.02. The smallest absolute Gasteiger partial charge is 0.305 e. The monoisotopic (exact) mass is 325 g/mol. The fraction of sp³-hybridized carbons (Fsp3) is 0.368. The van der Waals surface area contributed by atoms with E-state index in [0.29, 0.717) is 6.54 Å². The number of benzene rings is 1. The fourth-order valence-corrected chi connectivity index (χ4v) is 3.28. The van der Waals surface area contributed by atoms with Gasteiger partial charge in [-0.25, -0.2) is 0 Å². The SMILES string of the molecule is CCc1nn(CCC(=O)O)c(CC)c1Cc1ccc2[nH]ccc2c1. The van der Waals surface area contributed by atoms with E-state index in [1.54, 1.807) is 0 Å². The quantitative estimate of drug-likeness (QED) is 0.698. The summed E-state index contributed by atoms with van der Waals surface area (Å²) in [5.74, 6) is -0.787. The lowest BCUT2D eigenvalue weighted by atomic mass is 9.99. The van der Waals surface area contributed by atoms with Gasteiger partial charge in [0, 0.05) is 29.4 Å². The highest BCUT2D eigenvalue weighted by atomic mass is 16.4. The van der Waals surface area contributed by atoms with Gasteiger partial charge in [0.2, 0.25) is 0 Å². The second kappa shape index (κ2) is 6.91. The number of carboxylic acid groups (broad SMARTS) is 1. The summed E-state index contributed by atoms with van der Waals surface area (Å²) < 4.78 is 1.89. The molecule has 3 aromatic rings. The molecule has 0 amide bonds. The molecule has 126 valence electrons. The van der Waals surface area contributed by atoms with Crippen LogP contribution < -0.4 is 0 Å². The lowest BCUT2D eigenvalue weighted by Crippen LogP contribution is -2.09. The molecule has 5 heteroatoms. The molecule has 0 atom stereocenters. The molecule has 0 fully saturated rings. The van der Waals surface area contributed by atoms with E-state index in [0.717, 1.165) is 36.2 Å². The third-order valence-electron chi connectivity index (χ3n) is 4.46. The number of nitrogens with zero attached hydrogens (tertiary/aromatic N) is 2. The minimum atomic E-state index is -0.787. The zero-order chi connectivity index (χ0) is 17.1. The molecule has 3 rings (SSSR count). The Morgan fingerprint density at radius 2 is 2.08 bits per heavy atom. The van der Waals surface area contributed by atoms with Crippen molar-refractivity contribution in [1.29, 1.82) is 0 Å². The molecule has 2 heterocycles. The normalized spacial score (nSPS) is 11.2. The van der Waals surface area contributed by atoms with Crippen molar-refractivity contribution in [3.05, 3.63) is 53.0 Å². The number of rotatable bonds is 7. The number of aryl methyl sites for hydroxylation is 2. The molecule has 0 aliphatic carbocycles. The summed E-state index contributed by atoms with van der Waals surface area (Å²) in [6.07, 6.45) is 4.60. The van der Waals surface area contributed by atoms with Crippen LogP contribution in [0.2, 0.25) is 0 Å². The van der Waals surface area contributed by atoms with E-state index in [4.69, 9.17) is 5.11 Å². The maximum atomic E-state index is 10.9. The van der Waals surface area contributed by atoms with Gasteiger partial charge < -0.3 is 10.1 Å². The Morgan fingerprint density at radius 1 is 1.25 bits per heavy atom. The first kappa shape index (κ1) is 16.3. The Balaban J connectivity index is 1.94. The minimum Gasteiger partial charge on any atom is -0.481 e. The van der Waals surface area contributed by atoms with Crippen LogP contribution in [-0.2, 0) is 30.6 Å². The van der Waals surface area contributed by atoms with Gasteiger partial charge in [-0.2, -0.15) is 5.10 Å². The number of aromatic nitrogens is 3. The van der Waals surface area contributed by atoms with Crippen molar-refractivity contribution in [2.24, 2.45) is 0 Å². The van der Waals surface area contributed by atoms with Crippen molar-refractivity contribution in [2.45, 2.75) is 46.1 Å². The molecule has 0 aliphatic rings. The Bertz CT molecular complexity index is 861. The van der Waals surface area contributed by atoms with Crippen LogP contribution in [0, 0.1) is 0 Å². The van der Waals surface area contributed by atoms with E-state index in [2.05, 4.69) is 48.2 Å². The minimum absolute atomic E-state index is 0.104. The van der Waals surface area contributed by atoms with Gasteiger partial charge >= 0.3 is 5.97 Å². The highest BCUT2D eigenvalue weighted by Crippen LogP contribution is 2.23. The average molecular weight is 325 g/mol. The second-order valence-electron chi connectivity index (χ2n) is 6.02. The molecule has 5 nitrogen and oxygen atoms in total. The van der Waals surface area contributed by atoms with E-state index in [9.17, 15) is 4.79 Å². The van der Waals surface area contributed by atoms with E-state index >= 15 is 0 Å². The summed E-state index contributed by atoms with van der Waals surface area (Å²) in [5.41, 5.74) is 5.88. The van der Waals surface area contributed by atoms with Crippen LogP contribution in [0.5, 0.6) is 0 Å². The molecular formula is C19H23N3O2. The lowest BCUT2D eigenvalue weighted by Gasteiger charge is -2.08. The number of hydrogen-bond acceptors (Lipinski definition) is 2. The van der Waals surface area contributed by atoms with Crippen LogP contribution in [0.4, 0.5) is 0 Å². The van der Waals surface area contributed by atoms with Crippen molar-refractivity contribution < 1.29 is 9.90 Å². The largest absolute Gasteiger partial charge is 0.481 e. The van der Waals surface area contributed by atoms with Crippen LogP contribution in [0.15, 0.2) is 30.5 Å². The zero-order valence-electron chi connectivity index (χ0n) is 14.2. The molecule has 24 heavy (non-hydrogen) atoms. The van der Waals surface area contributed by atoms with Crippen LogP contribution in [-0.4, -0.2) is 25.8 Å². The fourth-order valence-electron chi connectivity index (χ4n) is 3.28. The summed E-state index contributed by atoms with van der Waals surface area (Å²) in [6, 6.07) is 8.54. The third kappa shape index (κ3) is 3.20. The first-order chi connectivity index (χ1) is 11.6. The van der Waals surface area contributed by atoms with Crippen LogP contribution >= 0.6 is 0 Å². The van der Waals surface area contributed by atoms with Crippen molar-refractivity contribution >= 4 is 16.9 Å². The van der Waals surface area contributed by atoms with Crippen LogP contribution in [0.25, 0.3) is 10.9 Å². The Hall–Kier alpha value is -2.56. The first-order valence-corrected chi connectivity index (χ1v) is 8.47. The predicted octanol–water partition coefficient (Wildman–Crippen LogP) is 3.55. The summed E-state index contributed by atoms with van der Waals surface area (Å²) in [7, 11) is 0. The van der Waals surface area contributed by atoms with Gasteiger partial charge in [0.05, 0.1) is 18.7 Å². The molecule has 0 aliphatic heterocycles. The van der Waals surface area contributed by atoms with E-state index in [1.807, 2.05) is 10.9 Å². The van der Waals surface area contributed by atoms with Crippen LogP contribution in [0.1, 0.15) is 42.8 Å². The molecule has 2 N–H and O–H groups in total. The van der Waals surface area contributed by atoms with Gasteiger partial charge in [0.1, 0.15) is 0 Å². The Labute approximate surface area is 141 Å². The number of aromatic amines is 1. The van der Waals surface area contributed by atoms with Gasteiger partial charge in [-0.3, -0.25) is 9.48 Å². The van der Waals surface area contributed by atoms with Gasteiger partial charge in [-0.05, 0) is 42.0 Å². The van der Waals surface area contributed by atoms with Crippen molar-refractivity contribution in [1.82, 2.24) is 14.8 Å². The van der Waals surface area contributed by atoms with Crippen molar-refractivity contribution in [2.75, 3.05) is 0 Å². The summed E-state index contributed by atoms with van der Waals surface area (Å²) in [6.45, 7) is 4.64. The topological polar surface area (TPSA) is 70.9 Å². The maximum Gasteiger partial charge on any atom is 0.305 e. The standard InChI is InChI=1S/C19H23N3O2/c1-3-16-15(18(4-2)22(21-16)10-8-19(23)24)12-13-5-6-17-14(11-13)7-9-20-17/h5-7,9,11,20H,3-4,8,10,12H2,1-2H3,(H,23,24). The van der Waals surface area contributed by atoms with Crippen LogP contribution in [0.3, 0.4) is 0 Å². The lowest BCUT2D eigenvalue weighted by molar-refractivity contribution is -0.137. The summed E-state index contributed by atoms with van der Waals surface area (Å²) in [4.78, 5) is 14.1. The van der Waals surface area contributed by atoms with E-state index in [1.165, 1.54) is 16.5 Å². The molecule has 0 saturated carbocycles. The Morgan fingerprint density at radius 3 is 2.79 bits per heavy atom. The summed E-state index contributed by atoms with van der Waals surface area (Å²) in [5, 5.41) is 14.8. The van der Waals surface area contributed by atoms with E-state index < -0.39 is 5.97 Å². The molecule has 2 aromatic heterocycles. The van der Waals surface area contributed by atoms with Gasteiger partial charge in [-0.15, -0.1) is 0 Å². The predicted molar refractivity (Wildman–Crippen MR) is 94.3 cm³/mol. The number of fused-ring (bicyclic) bond motifs is 1. The number of carbonyl (C=O) groups is 1. The molecule has 1 aromatic carbocycles. The maximum absolute atomic E-state index is 10.9. The molecule has 0 unspecified atom stereocenters. The number of nitrogens with one attached hydrogen (secondary N) is 1. The number of aliphatic carboxylic acids is 1. The molecular weight excluding hydrogens is 302 g/mol. The van der Waals surface area contributed by atoms with Gasteiger partial charge in [0.25, 0.3) is 0 Å². The molecule has 0 bridgehead atoms. The third-order valence-corrected chi connectivity index (χ3v) is 4.46. The zero-order valence-corrected chi connectivity index (χ0v) is 14.2. The number of carboxylic acids is 1. The highest BCUT2D eigenvalue weighted by Gasteiger charge is 2.16. The highest BCUT2D eigenvalue weighted by molar-refractivity contribution is 5.80. The first-order valence-electron chi connectivity index (χ1n) is 8.47. The average Bonchev–Trinajstić information content (AvgIpc) is 3.16. The number of H-pyrrole nitrogens is 1. The van der Waals surface area contributed by atoms with Gasteiger partial charge in [-0.1, -0.05) is 19.9 Å². The molecule has 0 radical (unpaired) electrons. The Kier molecular flexibility index (Phi) is 4.69. The molecule has 0 saturated heterocycles. The number of hydrogen-bond donors (Lipinski definition) is 2. The molecule has 0 spiro atoms. The van der Waals surface area contributed by atoms with Gasteiger partial charge in [0.15, 0.2) is 0 Å². The summed E-state index contributed by atoms with van der Waals surface area (Å²) >= 11 is 0.